The first-order chi connectivity index (χ1) is 4.27. The molecule has 0 heterocycles. The Bertz CT molecular complexity index is 114. The Morgan fingerprint density at radius 2 is 2.56 bits per heavy atom. The van der Waals surface area contributed by atoms with Crippen LogP contribution < -0.4 is 0 Å². The maximum atomic E-state index is 9.70. The summed E-state index contributed by atoms with van der Waals surface area (Å²) in [5, 5.41) is 11.0. The number of carboxylic acids is 1. The number of aliphatic carboxylic acids is 1. The highest BCUT2D eigenvalue weighted by atomic mass is 35.5. The van der Waals surface area contributed by atoms with Crippen LogP contribution in [0.15, 0.2) is 5.16 Å². The molecule has 0 unspecified atom stereocenters. The molecule has 5 heteroatoms. The lowest BCUT2D eigenvalue weighted by Gasteiger charge is -1.89. The zero-order chi connectivity index (χ0) is 7.11. The summed E-state index contributed by atoms with van der Waals surface area (Å²) in [6, 6.07) is 0. The van der Waals surface area contributed by atoms with Gasteiger partial charge in [0.25, 0.3) is 0 Å². The zero-order valence-electron chi connectivity index (χ0n) is 4.58. The van der Waals surface area contributed by atoms with Gasteiger partial charge >= 0.3 is 5.97 Å². The van der Waals surface area contributed by atoms with Crippen molar-refractivity contribution in [3.05, 3.63) is 0 Å². The Morgan fingerprint density at radius 1 is 1.89 bits per heavy atom. The van der Waals surface area contributed by atoms with Crippen molar-refractivity contribution in [2.45, 2.75) is 0 Å². The van der Waals surface area contributed by atoms with Gasteiger partial charge in [-0.2, -0.15) is 0 Å². The van der Waals surface area contributed by atoms with Gasteiger partial charge in [0.1, 0.15) is 6.61 Å². The molecule has 0 saturated carbocycles. The quantitative estimate of drug-likeness (QED) is 0.272. The highest BCUT2D eigenvalue weighted by Gasteiger charge is 1.85. The number of hydrogen-bond donors (Lipinski definition) is 1. The molecule has 0 atom stereocenters. The van der Waals surface area contributed by atoms with Crippen molar-refractivity contribution >= 4 is 23.8 Å². The molecule has 0 aliphatic rings. The van der Waals surface area contributed by atoms with Gasteiger partial charge in [-0.1, -0.05) is 5.16 Å². The fourth-order valence-electron chi connectivity index (χ4n) is 0.170. The average molecular weight is 152 g/mol. The van der Waals surface area contributed by atoms with Crippen LogP contribution in [0.5, 0.6) is 0 Å². The number of alkyl halides is 1. The number of carboxylic acid groups (broad SMARTS) is 1. The third-order valence-corrected chi connectivity index (χ3v) is 0.560. The van der Waals surface area contributed by atoms with Crippen LogP contribution in [0.4, 0.5) is 0 Å². The van der Waals surface area contributed by atoms with Crippen LogP contribution in [0.2, 0.25) is 0 Å². The topological polar surface area (TPSA) is 58.9 Å². The first kappa shape index (κ1) is 8.23. The van der Waals surface area contributed by atoms with E-state index in [0.717, 1.165) is 0 Å². The molecule has 52 valence electrons. The van der Waals surface area contributed by atoms with Crippen molar-refractivity contribution in [2.75, 3.05) is 12.5 Å². The molecule has 0 aromatic heterocycles. The molecule has 4 nitrogen and oxygen atoms in total. The van der Waals surface area contributed by atoms with Crippen LogP contribution in [0.25, 0.3) is 0 Å². The summed E-state index contributed by atoms with van der Waals surface area (Å²) < 4.78 is 0. The van der Waals surface area contributed by atoms with Gasteiger partial charge in [-0.15, -0.1) is 11.6 Å². The minimum Gasteiger partial charge on any atom is -0.477 e. The van der Waals surface area contributed by atoms with Crippen LogP contribution in [0, 0.1) is 0 Å². The second-order valence-corrected chi connectivity index (χ2v) is 1.47. The van der Waals surface area contributed by atoms with E-state index in [1.54, 1.807) is 0 Å². The van der Waals surface area contributed by atoms with Gasteiger partial charge in [0, 0.05) is 0 Å². The number of hydrogen-bond acceptors (Lipinski definition) is 3. The predicted octanol–water partition coefficient (Wildman–Crippen LogP) is 0.312. The third kappa shape index (κ3) is 7.23. The Kier molecular flexibility index (Phi) is 4.91. The number of nitrogens with zero attached hydrogens (tertiary/aromatic N) is 1. The summed E-state index contributed by atoms with van der Waals surface area (Å²) in [5.41, 5.74) is 0. The molecule has 0 spiro atoms. The summed E-state index contributed by atoms with van der Waals surface area (Å²) in [6.45, 7) is 0.228. The van der Waals surface area contributed by atoms with Gasteiger partial charge in [-0.25, -0.2) is 4.79 Å². The number of oxime groups is 1. The summed E-state index contributed by atoms with van der Waals surface area (Å²) in [4.78, 5) is 14.1. The number of rotatable bonds is 4. The van der Waals surface area contributed by atoms with E-state index in [2.05, 4.69) is 9.99 Å². The molecule has 0 rings (SSSR count). The van der Waals surface area contributed by atoms with E-state index >= 15 is 0 Å². The minimum absolute atomic E-state index is 0.228. The summed E-state index contributed by atoms with van der Waals surface area (Å²) in [5.74, 6) is -0.832. The number of carbonyl (C=O) groups is 1. The van der Waals surface area contributed by atoms with Gasteiger partial charge in [0.15, 0.2) is 6.21 Å². The second-order valence-electron chi connectivity index (χ2n) is 1.09. The Morgan fingerprint density at radius 3 is 3.00 bits per heavy atom. The Labute approximate surface area is 57.1 Å². The van der Waals surface area contributed by atoms with E-state index in [1.165, 1.54) is 0 Å². The molecule has 0 aliphatic carbocycles. The molecule has 0 aliphatic heterocycles. The van der Waals surface area contributed by atoms with Gasteiger partial charge in [0.05, 0.1) is 5.88 Å². The van der Waals surface area contributed by atoms with Gasteiger partial charge in [-0.3, -0.25) is 0 Å². The Hall–Kier alpha value is -0.770. The molecule has 0 amide bonds. The highest BCUT2D eigenvalue weighted by Crippen LogP contribution is 1.77. The van der Waals surface area contributed by atoms with Crippen molar-refractivity contribution in [1.82, 2.24) is 0 Å². The SMILES string of the molecule is O=C(O)/C=N\OCCCl. The standard InChI is InChI=1S/C4H6ClNO3/c5-1-2-9-6-3-4(7)8/h3H,1-2H2,(H,7,8)/b6-3-. The minimum atomic E-state index is -1.13. The van der Waals surface area contributed by atoms with Gasteiger partial charge in [0.2, 0.25) is 0 Å². The van der Waals surface area contributed by atoms with E-state index < -0.39 is 5.97 Å². The fourth-order valence-corrected chi connectivity index (χ4v) is 0.239. The molecule has 0 bridgehead atoms. The molecular weight excluding hydrogens is 146 g/mol. The molecule has 1 N–H and O–H groups in total. The largest absolute Gasteiger partial charge is 0.477 e. The Balaban J connectivity index is 3.15. The van der Waals surface area contributed by atoms with Crippen LogP contribution in [-0.2, 0) is 9.63 Å². The first-order valence-corrected chi connectivity index (χ1v) is 2.75. The van der Waals surface area contributed by atoms with E-state index in [9.17, 15) is 4.79 Å². The van der Waals surface area contributed by atoms with Crippen LogP contribution in [0.1, 0.15) is 0 Å². The summed E-state index contributed by atoms with van der Waals surface area (Å²) in [6.07, 6.45) is 0.659. The predicted molar refractivity (Wildman–Crippen MR) is 32.8 cm³/mol. The molecule has 0 saturated heterocycles. The lowest BCUT2D eigenvalue weighted by molar-refractivity contribution is -0.129. The van der Waals surface area contributed by atoms with Crippen molar-refractivity contribution in [3.63, 3.8) is 0 Å². The lowest BCUT2D eigenvalue weighted by atomic mass is 10.8. The smallest absolute Gasteiger partial charge is 0.350 e. The first-order valence-electron chi connectivity index (χ1n) is 2.21. The highest BCUT2D eigenvalue weighted by molar-refractivity contribution is 6.21. The second kappa shape index (κ2) is 5.37. The molecule has 0 fully saturated rings. The van der Waals surface area contributed by atoms with Crippen molar-refractivity contribution in [1.29, 1.82) is 0 Å². The molecule has 9 heavy (non-hydrogen) atoms. The summed E-state index contributed by atoms with van der Waals surface area (Å²) in [7, 11) is 0. The normalized spacial score (nSPS) is 9.89. The van der Waals surface area contributed by atoms with Crippen LogP contribution in [0.3, 0.4) is 0 Å². The molecule has 0 aromatic rings. The lowest BCUT2D eigenvalue weighted by Crippen LogP contribution is -1.97. The monoisotopic (exact) mass is 151 g/mol. The maximum absolute atomic E-state index is 9.70. The van der Waals surface area contributed by atoms with Crippen molar-refractivity contribution in [3.8, 4) is 0 Å². The molecule has 0 radical (unpaired) electrons. The number of halogens is 1. The summed E-state index contributed by atoms with van der Waals surface area (Å²) >= 11 is 5.17. The van der Waals surface area contributed by atoms with E-state index in [4.69, 9.17) is 16.7 Å². The van der Waals surface area contributed by atoms with E-state index in [0.29, 0.717) is 12.1 Å². The van der Waals surface area contributed by atoms with Crippen molar-refractivity contribution in [2.24, 2.45) is 5.16 Å². The van der Waals surface area contributed by atoms with Crippen LogP contribution in [-0.4, -0.2) is 29.8 Å². The molecule has 0 aromatic carbocycles. The third-order valence-electron chi connectivity index (χ3n) is 0.406. The average Bonchev–Trinajstić information content (AvgIpc) is 1.80. The van der Waals surface area contributed by atoms with Crippen molar-refractivity contribution < 1.29 is 14.7 Å². The fraction of sp³-hybridized carbons (Fsp3) is 0.500. The van der Waals surface area contributed by atoms with Crippen LogP contribution >= 0.6 is 11.6 Å². The van der Waals surface area contributed by atoms with E-state index in [-0.39, 0.29) is 6.61 Å². The maximum Gasteiger partial charge on any atom is 0.350 e. The van der Waals surface area contributed by atoms with E-state index in [1.807, 2.05) is 0 Å². The molecular formula is C4H6ClNO3. The van der Waals surface area contributed by atoms with Gasteiger partial charge in [-0.05, 0) is 0 Å². The van der Waals surface area contributed by atoms with Gasteiger partial charge < -0.3 is 9.94 Å². The zero-order valence-corrected chi connectivity index (χ0v) is 5.34.